The van der Waals surface area contributed by atoms with Gasteiger partial charge in [0.1, 0.15) is 0 Å². The number of rotatable bonds is 3. The van der Waals surface area contributed by atoms with E-state index in [2.05, 4.69) is 18.5 Å². The lowest BCUT2D eigenvalue weighted by atomic mass is 9.69. The molecule has 1 amide bonds. The molecule has 84 valence electrons. The molecule has 2 atom stereocenters. The van der Waals surface area contributed by atoms with E-state index < -0.39 is 5.54 Å². The van der Waals surface area contributed by atoms with Crippen molar-refractivity contribution in [3.05, 3.63) is 24.8 Å². The molecule has 1 fully saturated rings. The van der Waals surface area contributed by atoms with Crippen LogP contribution in [0.2, 0.25) is 0 Å². The fourth-order valence-corrected chi connectivity index (χ4v) is 2.13. The number of carbonyl (C=O) groups excluding carboxylic acids is 1. The minimum absolute atomic E-state index is 0.0726. The van der Waals surface area contributed by atoms with E-state index in [1.807, 2.05) is 19.9 Å². The number of hydrogen-bond acceptors (Lipinski definition) is 2. The van der Waals surface area contributed by atoms with E-state index >= 15 is 0 Å². The van der Waals surface area contributed by atoms with Gasteiger partial charge in [0.25, 0.3) is 0 Å². The summed E-state index contributed by atoms with van der Waals surface area (Å²) in [6, 6.07) is 0. The summed E-state index contributed by atoms with van der Waals surface area (Å²) in [7, 11) is 0. The van der Waals surface area contributed by atoms with Gasteiger partial charge in [-0.25, -0.2) is 0 Å². The van der Waals surface area contributed by atoms with Crippen LogP contribution in [-0.4, -0.2) is 24.7 Å². The second-order valence-corrected chi connectivity index (χ2v) is 4.48. The number of nitrogens with one attached hydrogen (secondary N) is 1. The quantitative estimate of drug-likeness (QED) is 0.718. The van der Waals surface area contributed by atoms with Gasteiger partial charge in [-0.3, -0.25) is 4.79 Å². The van der Waals surface area contributed by atoms with Crippen LogP contribution in [0, 0.1) is 5.41 Å². The lowest BCUT2D eigenvalue weighted by Crippen LogP contribution is -2.58. The van der Waals surface area contributed by atoms with Crippen LogP contribution in [0.4, 0.5) is 0 Å². The molecular weight excluding hydrogens is 190 g/mol. The third-order valence-electron chi connectivity index (χ3n) is 3.26. The molecule has 0 spiro atoms. The largest absolute Gasteiger partial charge is 0.378 e. The molecule has 1 heterocycles. The topological polar surface area (TPSA) is 38.3 Å². The lowest BCUT2D eigenvalue weighted by molar-refractivity contribution is -0.121. The molecule has 0 aliphatic carbocycles. The first-order chi connectivity index (χ1) is 6.88. The van der Waals surface area contributed by atoms with Crippen molar-refractivity contribution >= 4 is 5.91 Å². The molecule has 0 aromatic carbocycles. The van der Waals surface area contributed by atoms with E-state index in [1.165, 1.54) is 6.92 Å². The Balaban J connectivity index is 3.15. The number of amides is 1. The van der Waals surface area contributed by atoms with Crippen LogP contribution in [0.3, 0.4) is 0 Å². The van der Waals surface area contributed by atoms with E-state index in [0.29, 0.717) is 13.2 Å². The molecule has 0 bridgehead atoms. The highest BCUT2D eigenvalue weighted by Gasteiger charge is 2.52. The van der Waals surface area contributed by atoms with Gasteiger partial charge in [-0.1, -0.05) is 25.2 Å². The van der Waals surface area contributed by atoms with Crippen LogP contribution in [0.1, 0.15) is 20.8 Å². The highest BCUT2D eigenvalue weighted by molar-refractivity contribution is 5.75. The Hall–Kier alpha value is -1.09. The number of hydrogen-bond donors (Lipinski definition) is 1. The van der Waals surface area contributed by atoms with E-state index in [-0.39, 0.29) is 11.3 Å². The van der Waals surface area contributed by atoms with Crippen LogP contribution < -0.4 is 5.32 Å². The minimum atomic E-state index is -0.513. The lowest BCUT2D eigenvalue weighted by Gasteiger charge is -2.41. The van der Waals surface area contributed by atoms with Gasteiger partial charge in [0, 0.05) is 12.3 Å². The molecule has 0 aromatic heterocycles. The number of ether oxygens (including phenoxy) is 1. The van der Waals surface area contributed by atoms with Gasteiger partial charge in [-0.15, -0.1) is 6.58 Å². The summed E-state index contributed by atoms with van der Waals surface area (Å²) in [5, 5.41) is 2.96. The maximum Gasteiger partial charge on any atom is 0.217 e. The van der Waals surface area contributed by atoms with E-state index in [0.717, 1.165) is 5.57 Å². The normalized spacial score (nSPS) is 34.9. The summed E-state index contributed by atoms with van der Waals surface area (Å²) < 4.78 is 5.48. The zero-order valence-electron chi connectivity index (χ0n) is 9.72. The number of carbonyl (C=O) groups is 1. The Bertz CT molecular complexity index is 311. The molecule has 1 saturated heterocycles. The Kier molecular flexibility index (Phi) is 3.05. The van der Waals surface area contributed by atoms with E-state index in [4.69, 9.17) is 4.74 Å². The van der Waals surface area contributed by atoms with Gasteiger partial charge in [0.15, 0.2) is 0 Å². The second kappa shape index (κ2) is 3.81. The smallest absolute Gasteiger partial charge is 0.217 e. The molecule has 0 aromatic rings. The fourth-order valence-electron chi connectivity index (χ4n) is 2.13. The molecule has 0 unspecified atom stereocenters. The zero-order valence-corrected chi connectivity index (χ0v) is 9.72. The first-order valence-electron chi connectivity index (χ1n) is 5.04. The maximum absolute atomic E-state index is 11.3. The molecule has 1 N–H and O–H groups in total. The maximum atomic E-state index is 11.3. The van der Waals surface area contributed by atoms with Gasteiger partial charge in [0.05, 0.1) is 18.8 Å². The van der Waals surface area contributed by atoms with Gasteiger partial charge >= 0.3 is 0 Å². The van der Waals surface area contributed by atoms with Crippen LogP contribution in [0.5, 0.6) is 0 Å². The molecule has 1 aliphatic heterocycles. The minimum Gasteiger partial charge on any atom is -0.378 e. The molecular formula is C12H19NO2. The van der Waals surface area contributed by atoms with Crippen molar-refractivity contribution in [2.75, 3.05) is 13.2 Å². The van der Waals surface area contributed by atoms with Crippen molar-refractivity contribution in [1.82, 2.24) is 5.32 Å². The molecule has 3 nitrogen and oxygen atoms in total. The third kappa shape index (κ3) is 1.72. The summed E-state index contributed by atoms with van der Waals surface area (Å²) >= 11 is 0. The Labute approximate surface area is 91.2 Å². The molecule has 0 radical (unpaired) electrons. The van der Waals surface area contributed by atoms with Crippen LogP contribution in [0.15, 0.2) is 24.8 Å². The average Bonchev–Trinajstić information content (AvgIpc) is 2.45. The van der Waals surface area contributed by atoms with Gasteiger partial charge < -0.3 is 10.1 Å². The molecule has 1 rings (SSSR count). The molecule has 15 heavy (non-hydrogen) atoms. The Morgan fingerprint density at radius 3 is 2.47 bits per heavy atom. The highest BCUT2D eigenvalue weighted by Crippen LogP contribution is 2.42. The van der Waals surface area contributed by atoms with Crippen molar-refractivity contribution in [2.45, 2.75) is 26.3 Å². The van der Waals surface area contributed by atoms with Gasteiger partial charge in [-0.05, 0) is 6.92 Å². The van der Waals surface area contributed by atoms with Crippen molar-refractivity contribution in [2.24, 2.45) is 5.41 Å². The Morgan fingerprint density at radius 1 is 1.47 bits per heavy atom. The van der Waals surface area contributed by atoms with Crippen LogP contribution in [0.25, 0.3) is 0 Å². The predicted molar refractivity (Wildman–Crippen MR) is 60.5 cm³/mol. The standard InChI is InChI=1S/C12H19NO2/c1-6-11(5)7-15-8-12(11,9(2)3)13-10(4)14/h6H,1-2,7-8H2,3-5H3,(H,13,14)/t11-,12-/m0/s1. The average molecular weight is 209 g/mol. The van der Waals surface area contributed by atoms with Crippen molar-refractivity contribution in [3.8, 4) is 0 Å². The monoisotopic (exact) mass is 209 g/mol. The fraction of sp³-hybridized carbons (Fsp3) is 0.583. The predicted octanol–water partition coefficient (Wildman–Crippen LogP) is 1.66. The summed E-state index contributed by atoms with van der Waals surface area (Å²) in [6.07, 6.45) is 1.84. The Morgan fingerprint density at radius 2 is 2.07 bits per heavy atom. The van der Waals surface area contributed by atoms with Gasteiger partial charge in [0.2, 0.25) is 5.91 Å². The van der Waals surface area contributed by atoms with Crippen LogP contribution >= 0.6 is 0 Å². The first-order valence-corrected chi connectivity index (χ1v) is 5.04. The van der Waals surface area contributed by atoms with E-state index in [1.54, 1.807) is 0 Å². The summed E-state index contributed by atoms with van der Waals surface area (Å²) in [6.45, 7) is 14.3. The SMILES string of the molecule is C=C[C@@]1(C)COC[C@]1(NC(C)=O)C(=C)C. The summed E-state index contributed by atoms with van der Waals surface area (Å²) in [5.41, 5.74) is 0.100. The van der Waals surface area contributed by atoms with Crippen molar-refractivity contribution < 1.29 is 9.53 Å². The molecule has 3 heteroatoms. The molecule has 1 aliphatic rings. The van der Waals surface area contributed by atoms with Crippen molar-refractivity contribution in [3.63, 3.8) is 0 Å². The third-order valence-corrected chi connectivity index (χ3v) is 3.26. The van der Waals surface area contributed by atoms with E-state index in [9.17, 15) is 4.79 Å². The first kappa shape index (κ1) is 12.0. The van der Waals surface area contributed by atoms with Crippen LogP contribution in [-0.2, 0) is 9.53 Å². The summed E-state index contributed by atoms with van der Waals surface area (Å²) in [5.74, 6) is -0.0726. The molecule has 0 saturated carbocycles. The zero-order chi connectivity index (χ0) is 11.7. The summed E-state index contributed by atoms with van der Waals surface area (Å²) in [4.78, 5) is 11.3. The highest BCUT2D eigenvalue weighted by atomic mass is 16.5. The second-order valence-electron chi connectivity index (χ2n) is 4.48. The van der Waals surface area contributed by atoms with Gasteiger partial charge in [-0.2, -0.15) is 0 Å². The van der Waals surface area contributed by atoms with Crippen molar-refractivity contribution in [1.29, 1.82) is 0 Å².